The Kier molecular flexibility index (Phi) is 4.33. The van der Waals surface area contributed by atoms with Crippen LogP contribution in [0.2, 0.25) is 0 Å². The predicted octanol–water partition coefficient (Wildman–Crippen LogP) is 4.11. The molecule has 7 heteroatoms. The third-order valence-corrected chi connectivity index (χ3v) is 6.91. The van der Waals surface area contributed by atoms with Crippen molar-refractivity contribution >= 4 is 16.6 Å². The Morgan fingerprint density at radius 3 is 2.30 bits per heavy atom. The summed E-state index contributed by atoms with van der Waals surface area (Å²) in [6.45, 7) is 0. The zero-order valence-electron chi connectivity index (χ0n) is 12.2. The van der Waals surface area contributed by atoms with Crippen molar-refractivity contribution in [2.75, 3.05) is 0 Å². The first-order valence-corrected chi connectivity index (χ1v) is 8.86. The van der Waals surface area contributed by atoms with Gasteiger partial charge in [0.05, 0.1) is 11.1 Å². The quantitative estimate of drug-likeness (QED) is 0.595. The molecule has 0 saturated carbocycles. The Balaban J connectivity index is 1.88. The lowest BCUT2D eigenvalue weighted by atomic mass is 9.84. The van der Waals surface area contributed by atoms with Gasteiger partial charge in [0.1, 0.15) is 5.82 Å². The van der Waals surface area contributed by atoms with Crippen molar-refractivity contribution in [1.82, 2.24) is 0 Å². The molecule has 2 fully saturated rings. The van der Waals surface area contributed by atoms with Crippen LogP contribution in [0, 0.1) is 11.7 Å². The predicted molar refractivity (Wildman–Crippen MR) is 78.0 cm³/mol. The number of rotatable bonds is 2. The summed E-state index contributed by atoms with van der Waals surface area (Å²) in [5, 5.41) is -0.185. The minimum atomic E-state index is -4.83. The van der Waals surface area contributed by atoms with Crippen LogP contribution in [-0.4, -0.2) is 20.5 Å². The second-order valence-electron chi connectivity index (χ2n) is 6.20. The molecule has 1 aromatic rings. The number of carbonyl (C=O) groups is 1. The summed E-state index contributed by atoms with van der Waals surface area (Å²) in [5.41, 5.74) is -1.92. The van der Waals surface area contributed by atoms with Gasteiger partial charge in [-0.2, -0.15) is 13.2 Å². The summed E-state index contributed by atoms with van der Waals surface area (Å²) in [6.07, 6.45) is -1.60. The largest absolute Gasteiger partial charge is 0.419 e. The maximum absolute atomic E-state index is 14.1. The van der Waals surface area contributed by atoms with Crippen molar-refractivity contribution in [2.45, 2.75) is 48.8 Å². The zero-order valence-corrected chi connectivity index (χ0v) is 13.1. The summed E-state index contributed by atoms with van der Waals surface area (Å²) < 4.78 is 64.6. The summed E-state index contributed by atoms with van der Waals surface area (Å²) in [7, 11) is -0.979. The molecule has 0 spiro atoms. The molecule has 2 aliphatic rings. The Labute approximate surface area is 133 Å². The Morgan fingerprint density at radius 2 is 1.74 bits per heavy atom. The minimum Gasteiger partial charge on any atom is -0.294 e. The van der Waals surface area contributed by atoms with E-state index in [-0.39, 0.29) is 10.5 Å². The van der Waals surface area contributed by atoms with Crippen LogP contribution in [0.1, 0.15) is 48.0 Å². The van der Waals surface area contributed by atoms with Crippen LogP contribution in [0.15, 0.2) is 18.2 Å². The van der Waals surface area contributed by atoms with Crippen LogP contribution in [0.25, 0.3) is 0 Å². The molecule has 2 atom stereocenters. The van der Waals surface area contributed by atoms with Gasteiger partial charge in [0.25, 0.3) is 0 Å². The van der Waals surface area contributed by atoms with Crippen LogP contribution >= 0.6 is 0 Å². The van der Waals surface area contributed by atoms with E-state index in [1.54, 1.807) is 0 Å². The summed E-state index contributed by atoms with van der Waals surface area (Å²) in [4.78, 5) is 12.5. The van der Waals surface area contributed by atoms with E-state index in [0.29, 0.717) is 18.9 Å². The number of carbonyl (C=O) groups excluding carboxylic acids is 1. The molecule has 0 aromatic heterocycles. The average Bonchev–Trinajstić information content (AvgIpc) is 2.45. The zero-order chi connectivity index (χ0) is 16.8. The van der Waals surface area contributed by atoms with E-state index in [0.717, 1.165) is 31.4 Å². The Hall–Kier alpha value is -1.24. The summed E-state index contributed by atoms with van der Waals surface area (Å²) >= 11 is 0. The number of Topliss-reactive ketones (excluding diaryl/α,β-unsaturated/α-hetero) is 1. The lowest BCUT2D eigenvalue weighted by molar-refractivity contribution is -0.140. The molecule has 3 rings (SSSR count). The lowest BCUT2D eigenvalue weighted by Gasteiger charge is -2.37. The molecule has 2 unspecified atom stereocenters. The van der Waals surface area contributed by atoms with E-state index in [1.165, 1.54) is 0 Å². The third kappa shape index (κ3) is 3.07. The van der Waals surface area contributed by atoms with Crippen molar-refractivity contribution in [1.29, 1.82) is 0 Å². The molecule has 2 aliphatic heterocycles. The number of hydrogen-bond donors (Lipinski definition) is 0. The SMILES string of the molecule is O=C(c1cccc(C(F)(F)F)c1F)C1CC2CCCC(C1)S2=O. The highest BCUT2D eigenvalue weighted by atomic mass is 32.2. The first-order chi connectivity index (χ1) is 10.8. The van der Waals surface area contributed by atoms with Crippen molar-refractivity contribution in [2.24, 2.45) is 5.92 Å². The van der Waals surface area contributed by atoms with Gasteiger partial charge in [0, 0.05) is 27.2 Å². The highest BCUT2D eigenvalue weighted by Gasteiger charge is 2.42. The Morgan fingerprint density at radius 1 is 1.13 bits per heavy atom. The van der Waals surface area contributed by atoms with Gasteiger partial charge in [0.15, 0.2) is 5.78 Å². The van der Waals surface area contributed by atoms with Gasteiger partial charge in [-0.05, 0) is 37.8 Å². The number of ketones is 1. The van der Waals surface area contributed by atoms with Crippen LogP contribution in [0.3, 0.4) is 0 Å². The molecular weight excluding hydrogens is 332 g/mol. The van der Waals surface area contributed by atoms with Crippen LogP contribution < -0.4 is 0 Å². The maximum Gasteiger partial charge on any atom is 0.419 e. The van der Waals surface area contributed by atoms with Gasteiger partial charge in [0.2, 0.25) is 0 Å². The fraction of sp³-hybridized carbons (Fsp3) is 0.562. The van der Waals surface area contributed by atoms with E-state index < -0.39 is 45.6 Å². The summed E-state index contributed by atoms with van der Waals surface area (Å²) in [6, 6.07) is 2.80. The van der Waals surface area contributed by atoms with Gasteiger partial charge >= 0.3 is 6.18 Å². The first-order valence-electron chi connectivity index (χ1n) is 7.58. The van der Waals surface area contributed by atoms with Crippen molar-refractivity contribution in [3.8, 4) is 0 Å². The first kappa shape index (κ1) is 16.6. The van der Waals surface area contributed by atoms with Gasteiger partial charge in [-0.15, -0.1) is 0 Å². The van der Waals surface area contributed by atoms with E-state index in [9.17, 15) is 26.6 Å². The van der Waals surface area contributed by atoms with E-state index in [4.69, 9.17) is 0 Å². The monoisotopic (exact) mass is 348 g/mol. The number of fused-ring (bicyclic) bond motifs is 2. The normalized spacial score (nSPS) is 31.0. The van der Waals surface area contributed by atoms with Gasteiger partial charge in [-0.3, -0.25) is 9.00 Å². The van der Waals surface area contributed by atoms with Crippen LogP contribution in [-0.2, 0) is 17.0 Å². The van der Waals surface area contributed by atoms with Crippen LogP contribution in [0.4, 0.5) is 17.6 Å². The van der Waals surface area contributed by atoms with E-state index >= 15 is 0 Å². The number of halogens is 4. The van der Waals surface area contributed by atoms with Gasteiger partial charge < -0.3 is 0 Å². The van der Waals surface area contributed by atoms with Crippen LogP contribution in [0.5, 0.6) is 0 Å². The molecule has 23 heavy (non-hydrogen) atoms. The molecule has 2 nitrogen and oxygen atoms in total. The smallest absolute Gasteiger partial charge is 0.294 e. The topological polar surface area (TPSA) is 34.1 Å². The molecule has 0 N–H and O–H groups in total. The number of hydrogen-bond acceptors (Lipinski definition) is 2. The molecule has 126 valence electrons. The second-order valence-corrected chi connectivity index (χ2v) is 8.19. The van der Waals surface area contributed by atoms with Gasteiger partial charge in [-0.25, -0.2) is 4.39 Å². The van der Waals surface area contributed by atoms with Crippen molar-refractivity contribution < 1.29 is 26.6 Å². The standard InChI is InChI=1S/C16H16F4O2S/c17-14-12(5-2-6-13(14)16(18,19)20)15(21)9-7-10-3-1-4-11(8-9)23(10)22/h2,5-6,9-11H,1,3-4,7-8H2. The van der Waals surface area contributed by atoms with Crippen molar-refractivity contribution in [3.63, 3.8) is 0 Å². The lowest BCUT2D eigenvalue weighted by Crippen LogP contribution is -2.41. The highest BCUT2D eigenvalue weighted by molar-refractivity contribution is 7.86. The number of alkyl halides is 3. The third-order valence-electron chi connectivity index (χ3n) is 4.74. The fourth-order valence-electron chi connectivity index (χ4n) is 3.61. The second kappa shape index (κ2) is 6.00. The maximum atomic E-state index is 14.1. The molecular formula is C16H16F4O2S. The molecule has 0 aliphatic carbocycles. The molecule has 2 bridgehead atoms. The van der Waals surface area contributed by atoms with E-state index in [1.807, 2.05) is 0 Å². The van der Waals surface area contributed by atoms with Crippen molar-refractivity contribution in [3.05, 3.63) is 35.1 Å². The summed E-state index contributed by atoms with van der Waals surface area (Å²) in [5.74, 6) is -2.63. The number of benzene rings is 1. The van der Waals surface area contributed by atoms with Gasteiger partial charge in [-0.1, -0.05) is 12.5 Å². The minimum absolute atomic E-state index is 0.0923. The molecule has 1 aromatic carbocycles. The molecule has 0 radical (unpaired) electrons. The molecule has 0 amide bonds. The fourth-order valence-corrected chi connectivity index (χ4v) is 5.80. The molecule has 2 saturated heterocycles. The average molecular weight is 348 g/mol. The molecule has 2 heterocycles. The highest BCUT2D eigenvalue weighted by Crippen LogP contribution is 2.39. The Bertz CT molecular complexity index is 640. The van der Waals surface area contributed by atoms with E-state index in [2.05, 4.69) is 0 Å².